The number of rotatable bonds is 4. The van der Waals surface area contributed by atoms with Crippen molar-refractivity contribution in [2.24, 2.45) is 58.2 Å². The van der Waals surface area contributed by atoms with E-state index in [1.807, 2.05) is 6.92 Å². The van der Waals surface area contributed by atoms with Crippen LogP contribution < -0.4 is 0 Å². The van der Waals surface area contributed by atoms with Gasteiger partial charge in [-0.05, 0) is 97.2 Å². The SMILES string of the molecule is C[C@H](C=O)C[C@@H](C)[C@H]1CCC2C3C(C[C@H](O)[C@@]21C)[C@@]1(C)CC[C@@H](O)CC1[C@@H](C)[C@H]3O. The number of hydrogen-bond acceptors (Lipinski definition) is 4. The summed E-state index contributed by atoms with van der Waals surface area (Å²) in [5.41, 5.74) is -0.0815. The summed E-state index contributed by atoms with van der Waals surface area (Å²) in [6, 6.07) is 0. The maximum Gasteiger partial charge on any atom is 0.122 e. The van der Waals surface area contributed by atoms with Crippen LogP contribution in [0.15, 0.2) is 0 Å². The van der Waals surface area contributed by atoms with E-state index in [9.17, 15) is 20.1 Å². The number of carbonyl (C=O) groups is 1. The molecule has 0 spiro atoms. The van der Waals surface area contributed by atoms with Gasteiger partial charge in [-0.3, -0.25) is 0 Å². The van der Waals surface area contributed by atoms with Gasteiger partial charge in [-0.2, -0.15) is 0 Å². The maximum absolute atomic E-state index is 11.6. The minimum absolute atomic E-state index is 0.0600. The summed E-state index contributed by atoms with van der Waals surface area (Å²) < 4.78 is 0. The minimum Gasteiger partial charge on any atom is -0.393 e. The summed E-state index contributed by atoms with van der Waals surface area (Å²) in [5.74, 6) is 2.30. The molecule has 0 saturated heterocycles. The van der Waals surface area contributed by atoms with E-state index in [4.69, 9.17) is 0 Å². The molecule has 0 heterocycles. The molecule has 0 radical (unpaired) electrons. The first kappa shape index (κ1) is 22.7. The topological polar surface area (TPSA) is 77.8 Å². The van der Waals surface area contributed by atoms with Gasteiger partial charge in [-0.15, -0.1) is 0 Å². The normalized spacial score (nSPS) is 55.1. The van der Waals surface area contributed by atoms with Crippen molar-refractivity contribution in [2.75, 3.05) is 0 Å². The van der Waals surface area contributed by atoms with Crippen LogP contribution in [0, 0.1) is 58.2 Å². The highest BCUT2D eigenvalue weighted by atomic mass is 16.3. The Balaban J connectivity index is 1.66. The molecular formula is C26H44O4. The van der Waals surface area contributed by atoms with Crippen molar-refractivity contribution in [3.63, 3.8) is 0 Å². The number of fused-ring (bicyclic) bond motifs is 5. The Morgan fingerprint density at radius 1 is 1.00 bits per heavy atom. The summed E-state index contributed by atoms with van der Waals surface area (Å²) >= 11 is 0. The fourth-order valence-corrected chi connectivity index (χ4v) is 9.39. The number of hydrogen-bond donors (Lipinski definition) is 3. The van der Waals surface area contributed by atoms with Crippen molar-refractivity contribution >= 4 is 6.29 Å². The van der Waals surface area contributed by atoms with Crippen molar-refractivity contribution in [2.45, 2.75) is 97.9 Å². The second kappa shape index (κ2) is 7.85. The lowest BCUT2D eigenvalue weighted by Gasteiger charge is -2.65. The van der Waals surface area contributed by atoms with Crippen LogP contribution in [0.2, 0.25) is 0 Å². The predicted molar refractivity (Wildman–Crippen MR) is 118 cm³/mol. The van der Waals surface area contributed by atoms with Gasteiger partial charge in [0.2, 0.25) is 0 Å². The lowest BCUT2D eigenvalue weighted by atomic mass is 9.41. The van der Waals surface area contributed by atoms with Crippen molar-refractivity contribution in [1.29, 1.82) is 0 Å². The Morgan fingerprint density at radius 2 is 1.70 bits per heavy atom. The highest BCUT2D eigenvalue weighted by Crippen LogP contribution is 2.69. The summed E-state index contributed by atoms with van der Waals surface area (Å²) in [6.45, 7) is 11.1. The van der Waals surface area contributed by atoms with Crippen LogP contribution in [-0.2, 0) is 4.79 Å². The fraction of sp³-hybridized carbons (Fsp3) is 0.962. The zero-order chi connectivity index (χ0) is 22.0. The summed E-state index contributed by atoms with van der Waals surface area (Å²) in [6.07, 6.45) is 6.58. The van der Waals surface area contributed by atoms with Gasteiger partial charge < -0.3 is 20.1 Å². The Kier molecular flexibility index (Phi) is 5.95. The van der Waals surface area contributed by atoms with E-state index >= 15 is 0 Å². The molecule has 0 aromatic rings. The molecule has 4 saturated carbocycles. The molecule has 4 fully saturated rings. The smallest absolute Gasteiger partial charge is 0.122 e. The first-order valence-electron chi connectivity index (χ1n) is 12.5. The lowest BCUT2D eigenvalue weighted by molar-refractivity contribution is -0.225. The van der Waals surface area contributed by atoms with Gasteiger partial charge in [0.25, 0.3) is 0 Å². The van der Waals surface area contributed by atoms with E-state index in [1.165, 1.54) is 0 Å². The molecule has 30 heavy (non-hydrogen) atoms. The van der Waals surface area contributed by atoms with Crippen LogP contribution in [0.5, 0.6) is 0 Å². The van der Waals surface area contributed by atoms with E-state index in [0.717, 1.165) is 51.2 Å². The summed E-state index contributed by atoms with van der Waals surface area (Å²) in [7, 11) is 0. The molecule has 4 heteroatoms. The van der Waals surface area contributed by atoms with Gasteiger partial charge in [0, 0.05) is 5.92 Å². The largest absolute Gasteiger partial charge is 0.393 e. The number of aliphatic hydroxyl groups excluding tert-OH is 3. The van der Waals surface area contributed by atoms with E-state index in [0.29, 0.717) is 29.6 Å². The maximum atomic E-state index is 11.6. The third kappa shape index (κ3) is 3.15. The molecule has 13 atom stereocenters. The third-order valence-electron chi connectivity index (χ3n) is 11.0. The van der Waals surface area contributed by atoms with Gasteiger partial charge in [-0.1, -0.05) is 34.6 Å². The van der Waals surface area contributed by atoms with Gasteiger partial charge in [-0.25, -0.2) is 0 Å². The Labute approximate surface area is 182 Å². The second-order valence-corrected chi connectivity index (χ2v) is 12.3. The van der Waals surface area contributed by atoms with Crippen LogP contribution in [0.3, 0.4) is 0 Å². The van der Waals surface area contributed by atoms with Crippen molar-refractivity contribution in [3.8, 4) is 0 Å². The van der Waals surface area contributed by atoms with E-state index in [1.54, 1.807) is 0 Å². The number of carbonyl (C=O) groups excluding carboxylic acids is 1. The van der Waals surface area contributed by atoms with Gasteiger partial charge in [0.05, 0.1) is 18.3 Å². The average molecular weight is 421 g/mol. The Bertz CT molecular complexity index is 651. The van der Waals surface area contributed by atoms with Gasteiger partial charge in [0.15, 0.2) is 0 Å². The van der Waals surface area contributed by atoms with E-state index in [-0.39, 0.29) is 46.9 Å². The van der Waals surface area contributed by atoms with Gasteiger partial charge in [0.1, 0.15) is 6.29 Å². The molecule has 3 N–H and O–H groups in total. The van der Waals surface area contributed by atoms with E-state index in [2.05, 4.69) is 27.7 Å². The third-order valence-corrected chi connectivity index (χ3v) is 11.0. The zero-order valence-corrected chi connectivity index (χ0v) is 19.6. The molecule has 0 bridgehead atoms. The Hall–Kier alpha value is -0.450. The van der Waals surface area contributed by atoms with Gasteiger partial charge >= 0.3 is 0 Å². The molecule has 0 aromatic heterocycles. The van der Waals surface area contributed by atoms with Crippen molar-refractivity contribution < 1.29 is 20.1 Å². The van der Waals surface area contributed by atoms with Crippen molar-refractivity contribution in [1.82, 2.24) is 0 Å². The molecule has 4 unspecified atom stereocenters. The highest BCUT2D eigenvalue weighted by molar-refractivity contribution is 5.52. The highest BCUT2D eigenvalue weighted by Gasteiger charge is 2.67. The first-order valence-corrected chi connectivity index (χ1v) is 12.5. The monoisotopic (exact) mass is 420 g/mol. The quantitative estimate of drug-likeness (QED) is 0.600. The second-order valence-electron chi connectivity index (χ2n) is 12.3. The summed E-state index contributed by atoms with van der Waals surface area (Å²) in [4.78, 5) is 11.2. The molecule has 4 aliphatic rings. The lowest BCUT2D eigenvalue weighted by Crippen LogP contribution is -2.64. The number of aldehydes is 1. The average Bonchev–Trinajstić information content (AvgIpc) is 3.06. The first-order chi connectivity index (χ1) is 14.1. The zero-order valence-electron chi connectivity index (χ0n) is 19.6. The summed E-state index contributed by atoms with van der Waals surface area (Å²) in [5, 5.41) is 33.5. The van der Waals surface area contributed by atoms with Crippen LogP contribution in [0.25, 0.3) is 0 Å². The van der Waals surface area contributed by atoms with Crippen LogP contribution in [-0.4, -0.2) is 39.9 Å². The molecule has 0 aliphatic heterocycles. The molecule has 0 aromatic carbocycles. The number of aliphatic hydroxyl groups is 3. The van der Waals surface area contributed by atoms with Crippen molar-refractivity contribution in [3.05, 3.63) is 0 Å². The molecule has 0 amide bonds. The standard InChI is InChI=1S/C26H44O4/c1-14(13-27)10-15(2)18-6-7-19-23-21(12-22(29)26(18,19)5)25(4)9-8-17(28)11-20(25)16(3)24(23)30/h13-24,28-30H,6-12H2,1-5H3/t14-,15+,16+,17+,18+,19?,20?,21?,22-,23?,24+,25-,26+/m0/s1. The molecule has 172 valence electrons. The fourth-order valence-electron chi connectivity index (χ4n) is 9.39. The van der Waals surface area contributed by atoms with Crippen LogP contribution in [0.4, 0.5) is 0 Å². The molecule has 4 aliphatic carbocycles. The molecular weight excluding hydrogens is 376 g/mol. The molecule has 4 nitrogen and oxygen atoms in total. The van der Waals surface area contributed by atoms with E-state index < -0.39 is 0 Å². The predicted octanol–water partition coefficient (Wildman–Crippen LogP) is 4.06. The molecule has 4 rings (SSSR count). The Morgan fingerprint density at radius 3 is 2.37 bits per heavy atom. The van der Waals surface area contributed by atoms with Crippen LogP contribution >= 0.6 is 0 Å². The minimum atomic E-state index is -0.352. The van der Waals surface area contributed by atoms with Crippen LogP contribution in [0.1, 0.15) is 79.6 Å².